The summed E-state index contributed by atoms with van der Waals surface area (Å²) in [6.07, 6.45) is 7.68. The highest BCUT2D eigenvalue weighted by Crippen LogP contribution is 2.24. The van der Waals surface area contributed by atoms with E-state index in [1.165, 1.54) is 0 Å². The van der Waals surface area contributed by atoms with Crippen molar-refractivity contribution >= 4 is 17.4 Å². The van der Waals surface area contributed by atoms with Gasteiger partial charge in [0.2, 0.25) is 0 Å². The van der Waals surface area contributed by atoms with Crippen LogP contribution in [0.4, 0.5) is 5.82 Å². The first-order valence-electron chi connectivity index (χ1n) is 8.62. The molecule has 0 radical (unpaired) electrons. The summed E-state index contributed by atoms with van der Waals surface area (Å²) in [5.74, 6) is 0.768. The van der Waals surface area contributed by atoms with Crippen molar-refractivity contribution in [3.8, 4) is 11.3 Å². The molecule has 128 valence electrons. The number of carbonyl (C=O) groups is 1. The van der Waals surface area contributed by atoms with Crippen LogP contribution in [0, 0.1) is 0 Å². The molecule has 2 heterocycles. The minimum atomic E-state index is -0.000174. The molecule has 0 saturated heterocycles. The predicted octanol–water partition coefficient (Wildman–Crippen LogP) is 3.11. The third kappa shape index (κ3) is 3.20. The van der Waals surface area contributed by atoms with E-state index in [1.54, 1.807) is 6.20 Å². The van der Waals surface area contributed by atoms with Gasteiger partial charge < -0.3 is 10.6 Å². The van der Waals surface area contributed by atoms with Crippen molar-refractivity contribution < 1.29 is 4.79 Å². The second kappa shape index (κ2) is 6.20. The second-order valence-corrected chi connectivity index (χ2v) is 6.74. The van der Waals surface area contributed by atoms with E-state index >= 15 is 0 Å². The number of imidazole rings is 1. The molecule has 0 spiro atoms. The minimum Gasteiger partial charge on any atom is -0.365 e. The number of benzene rings is 1. The van der Waals surface area contributed by atoms with Gasteiger partial charge in [0.15, 0.2) is 11.5 Å². The molecule has 1 aromatic carbocycles. The summed E-state index contributed by atoms with van der Waals surface area (Å²) in [5.41, 5.74) is 3.46. The number of anilines is 1. The number of nitrogens with zero attached hydrogens (tertiary/aromatic N) is 3. The molecule has 0 unspecified atom stereocenters. The Morgan fingerprint density at radius 3 is 2.64 bits per heavy atom. The van der Waals surface area contributed by atoms with E-state index in [2.05, 4.69) is 34.4 Å². The number of nitrogens with one attached hydrogen (secondary N) is 2. The van der Waals surface area contributed by atoms with Crippen molar-refractivity contribution in [3.05, 3.63) is 48.4 Å². The monoisotopic (exact) mass is 335 g/mol. The van der Waals surface area contributed by atoms with Crippen LogP contribution in [0.3, 0.4) is 0 Å². The van der Waals surface area contributed by atoms with E-state index in [0.29, 0.717) is 11.6 Å². The molecule has 1 fully saturated rings. The molecule has 3 aromatic rings. The Morgan fingerprint density at radius 2 is 1.96 bits per heavy atom. The highest BCUT2D eigenvalue weighted by atomic mass is 16.1. The van der Waals surface area contributed by atoms with Crippen molar-refractivity contribution in [3.63, 3.8) is 0 Å². The zero-order chi connectivity index (χ0) is 17.4. The predicted molar refractivity (Wildman–Crippen MR) is 97.7 cm³/mol. The molecular formula is C19H21N5O. The Balaban J connectivity index is 1.64. The van der Waals surface area contributed by atoms with Crippen LogP contribution in [0.2, 0.25) is 0 Å². The van der Waals surface area contributed by atoms with Crippen LogP contribution >= 0.6 is 0 Å². The van der Waals surface area contributed by atoms with Crippen molar-refractivity contribution in [2.75, 3.05) is 5.32 Å². The fourth-order valence-electron chi connectivity index (χ4n) is 2.80. The Bertz CT molecular complexity index is 909. The minimum absolute atomic E-state index is 0.000174. The molecular weight excluding hydrogens is 314 g/mol. The Hall–Kier alpha value is -2.89. The number of rotatable bonds is 5. The van der Waals surface area contributed by atoms with Crippen molar-refractivity contribution in [1.29, 1.82) is 0 Å². The van der Waals surface area contributed by atoms with Crippen LogP contribution in [-0.2, 0) is 0 Å². The van der Waals surface area contributed by atoms with Gasteiger partial charge in [-0.1, -0.05) is 12.1 Å². The third-order valence-corrected chi connectivity index (χ3v) is 4.21. The number of amides is 1. The molecule has 2 N–H and O–H groups in total. The van der Waals surface area contributed by atoms with Gasteiger partial charge in [-0.25, -0.2) is 9.97 Å². The first-order valence-corrected chi connectivity index (χ1v) is 8.62. The SMILES string of the molecule is CC(C)Nc1nccn2c(-c3ccc(C(=O)NC4CC4)cc3)cnc12. The van der Waals surface area contributed by atoms with Crippen molar-refractivity contribution in [2.45, 2.75) is 38.8 Å². The van der Waals surface area contributed by atoms with Crippen molar-refractivity contribution in [2.24, 2.45) is 0 Å². The largest absolute Gasteiger partial charge is 0.365 e. The van der Waals surface area contributed by atoms with Gasteiger partial charge in [0.1, 0.15) is 0 Å². The number of hydrogen-bond donors (Lipinski definition) is 2. The maximum Gasteiger partial charge on any atom is 0.251 e. The van der Waals surface area contributed by atoms with E-state index in [1.807, 2.05) is 41.1 Å². The summed E-state index contributed by atoms with van der Waals surface area (Å²) < 4.78 is 2.01. The van der Waals surface area contributed by atoms with E-state index in [-0.39, 0.29) is 11.9 Å². The molecule has 1 aliphatic carbocycles. The van der Waals surface area contributed by atoms with Gasteiger partial charge in [-0.3, -0.25) is 9.20 Å². The van der Waals surface area contributed by atoms with Crippen molar-refractivity contribution in [1.82, 2.24) is 19.7 Å². The number of aromatic nitrogens is 3. The van der Waals surface area contributed by atoms with E-state index in [4.69, 9.17) is 0 Å². The first kappa shape index (κ1) is 15.6. The smallest absolute Gasteiger partial charge is 0.251 e. The summed E-state index contributed by atoms with van der Waals surface area (Å²) in [4.78, 5) is 21.0. The van der Waals surface area contributed by atoms with Crippen LogP contribution < -0.4 is 10.6 Å². The Morgan fingerprint density at radius 1 is 1.20 bits per heavy atom. The third-order valence-electron chi connectivity index (χ3n) is 4.21. The molecule has 6 heteroatoms. The summed E-state index contributed by atoms with van der Waals surface area (Å²) in [5, 5.41) is 6.32. The number of carbonyl (C=O) groups excluding carboxylic acids is 1. The molecule has 0 aliphatic heterocycles. The zero-order valence-electron chi connectivity index (χ0n) is 14.4. The number of fused-ring (bicyclic) bond motifs is 1. The van der Waals surface area contributed by atoms with Gasteiger partial charge in [0, 0.05) is 35.6 Å². The first-order chi connectivity index (χ1) is 12.1. The van der Waals surface area contributed by atoms with Gasteiger partial charge in [-0.05, 0) is 38.8 Å². The van der Waals surface area contributed by atoms with Crippen LogP contribution in [0.15, 0.2) is 42.9 Å². The maximum atomic E-state index is 12.1. The van der Waals surface area contributed by atoms with Crippen LogP contribution in [0.5, 0.6) is 0 Å². The lowest BCUT2D eigenvalue weighted by molar-refractivity contribution is 0.0951. The fraction of sp³-hybridized carbons (Fsp3) is 0.316. The van der Waals surface area contributed by atoms with Gasteiger partial charge in [0.05, 0.1) is 11.9 Å². The highest BCUT2D eigenvalue weighted by molar-refractivity contribution is 5.95. The molecule has 1 amide bonds. The fourth-order valence-corrected chi connectivity index (χ4v) is 2.80. The molecule has 4 rings (SSSR count). The molecule has 2 aromatic heterocycles. The summed E-state index contributed by atoms with van der Waals surface area (Å²) in [7, 11) is 0. The molecule has 6 nitrogen and oxygen atoms in total. The number of hydrogen-bond acceptors (Lipinski definition) is 4. The highest BCUT2D eigenvalue weighted by Gasteiger charge is 2.23. The lowest BCUT2D eigenvalue weighted by Crippen LogP contribution is -2.25. The second-order valence-electron chi connectivity index (χ2n) is 6.74. The standard InChI is InChI=1S/C19H21N5O/c1-12(2)22-17-18-21-11-16(24(18)10-9-20-17)13-3-5-14(6-4-13)19(25)23-15-7-8-15/h3-6,9-12,15H,7-8H2,1-2H3,(H,20,22)(H,23,25). The van der Waals surface area contributed by atoms with E-state index < -0.39 is 0 Å². The summed E-state index contributed by atoms with van der Waals surface area (Å²) in [6.45, 7) is 4.14. The summed E-state index contributed by atoms with van der Waals surface area (Å²) in [6, 6.07) is 8.29. The molecule has 1 aliphatic rings. The molecule has 0 atom stereocenters. The van der Waals surface area contributed by atoms with Gasteiger partial charge >= 0.3 is 0 Å². The van der Waals surface area contributed by atoms with E-state index in [9.17, 15) is 4.79 Å². The van der Waals surface area contributed by atoms with Crippen LogP contribution in [-0.4, -0.2) is 32.4 Å². The molecule has 25 heavy (non-hydrogen) atoms. The quantitative estimate of drug-likeness (QED) is 0.751. The molecule has 0 bridgehead atoms. The summed E-state index contributed by atoms with van der Waals surface area (Å²) >= 11 is 0. The zero-order valence-corrected chi connectivity index (χ0v) is 14.4. The van der Waals surface area contributed by atoms with Gasteiger partial charge in [0.25, 0.3) is 5.91 Å². The average molecular weight is 335 g/mol. The van der Waals surface area contributed by atoms with Crippen LogP contribution in [0.1, 0.15) is 37.0 Å². The van der Waals surface area contributed by atoms with Gasteiger partial charge in [-0.2, -0.15) is 0 Å². The topological polar surface area (TPSA) is 71.3 Å². The lowest BCUT2D eigenvalue weighted by atomic mass is 10.1. The average Bonchev–Trinajstić information content (AvgIpc) is 3.30. The normalized spacial score (nSPS) is 14.0. The van der Waals surface area contributed by atoms with E-state index in [0.717, 1.165) is 35.6 Å². The van der Waals surface area contributed by atoms with Gasteiger partial charge in [-0.15, -0.1) is 0 Å². The maximum absolute atomic E-state index is 12.1. The Kier molecular flexibility index (Phi) is 3.87. The lowest BCUT2D eigenvalue weighted by Gasteiger charge is -2.10. The molecule has 1 saturated carbocycles. The Labute approximate surface area is 146 Å². The van der Waals surface area contributed by atoms with Crippen LogP contribution in [0.25, 0.3) is 16.9 Å².